The van der Waals surface area contributed by atoms with Gasteiger partial charge in [0.1, 0.15) is 11.5 Å². The van der Waals surface area contributed by atoms with Crippen LogP contribution >= 0.6 is 0 Å². The molecule has 0 aliphatic rings. The summed E-state index contributed by atoms with van der Waals surface area (Å²) in [6, 6.07) is 2.71. The fraction of sp³-hybridized carbons (Fsp3) is 0.538. The highest BCUT2D eigenvalue weighted by atomic mass is 19.1. The van der Waals surface area contributed by atoms with Crippen LogP contribution in [0.2, 0.25) is 0 Å². The monoisotopic (exact) mass is 242 g/mol. The standard InChI is InChI=1S/C13H20F2N2/c1-9-5-6-10(14)12(11(9)15)16-7-8-17-13(2,3)4/h5-6,16-17H,7-8H2,1-4H3. The average Bonchev–Trinajstić information content (AvgIpc) is 2.21. The van der Waals surface area contributed by atoms with Crippen LogP contribution in [-0.4, -0.2) is 18.6 Å². The zero-order chi connectivity index (χ0) is 13.1. The van der Waals surface area contributed by atoms with Crippen molar-refractivity contribution in [2.75, 3.05) is 18.4 Å². The molecule has 0 saturated heterocycles. The van der Waals surface area contributed by atoms with E-state index in [1.807, 2.05) is 20.8 Å². The van der Waals surface area contributed by atoms with E-state index < -0.39 is 11.6 Å². The van der Waals surface area contributed by atoms with Gasteiger partial charge in [-0.05, 0) is 39.3 Å². The minimum atomic E-state index is -0.552. The van der Waals surface area contributed by atoms with Crippen LogP contribution in [0, 0.1) is 18.6 Å². The third-order valence-corrected chi connectivity index (χ3v) is 2.37. The summed E-state index contributed by atoms with van der Waals surface area (Å²) in [5, 5.41) is 6.02. The van der Waals surface area contributed by atoms with Gasteiger partial charge in [0.25, 0.3) is 0 Å². The van der Waals surface area contributed by atoms with Crippen LogP contribution < -0.4 is 10.6 Å². The molecule has 0 fully saturated rings. The molecule has 2 nitrogen and oxygen atoms in total. The van der Waals surface area contributed by atoms with Gasteiger partial charge < -0.3 is 10.6 Å². The summed E-state index contributed by atoms with van der Waals surface area (Å²) in [6.07, 6.45) is 0. The number of halogens is 2. The molecule has 96 valence electrons. The first-order valence-corrected chi connectivity index (χ1v) is 5.75. The second kappa shape index (κ2) is 5.45. The van der Waals surface area contributed by atoms with Gasteiger partial charge >= 0.3 is 0 Å². The van der Waals surface area contributed by atoms with Crippen molar-refractivity contribution in [2.45, 2.75) is 33.2 Å². The fourth-order valence-corrected chi connectivity index (χ4v) is 1.44. The minimum Gasteiger partial charge on any atom is -0.379 e. The summed E-state index contributed by atoms with van der Waals surface area (Å²) in [5.74, 6) is -1.07. The second-order valence-electron chi connectivity index (χ2n) is 5.16. The molecule has 1 aromatic rings. The Balaban J connectivity index is 2.55. The first-order chi connectivity index (χ1) is 7.81. The minimum absolute atomic E-state index is 0.00533. The molecular weight excluding hydrogens is 222 g/mol. The van der Waals surface area contributed by atoms with E-state index in [1.165, 1.54) is 12.1 Å². The molecule has 0 unspecified atom stereocenters. The van der Waals surface area contributed by atoms with Gasteiger partial charge in [0.05, 0.1) is 0 Å². The van der Waals surface area contributed by atoms with Crippen LogP contribution in [0.1, 0.15) is 26.3 Å². The van der Waals surface area contributed by atoms with Gasteiger partial charge in [-0.2, -0.15) is 0 Å². The highest BCUT2D eigenvalue weighted by Crippen LogP contribution is 2.21. The zero-order valence-corrected chi connectivity index (χ0v) is 10.8. The number of aryl methyl sites for hydroxylation is 1. The summed E-state index contributed by atoms with van der Waals surface area (Å²) in [6.45, 7) is 8.88. The Morgan fingerprint density at radius 2 is 1.76 bits per heavy atom. The molecule has 0 atom stereocenters. The first-order valence-electron chi connectivity index (χ1n) is 5.75. The lowest BCUT2D eigenvalue weighted by molar-refractivity contribution is 0.435. The second-order valence-corrected chi connectivity index (χ2v) is 5.16. The highest BCUT2D eigenvalue weighted by Gasteiger charge is 2.11. The predicted octanol–water partition coefficient (Wildman–Crippen LogP) is 3.07. The topological polar surface area (TPSA) is 24.1 Å². The third-order valence-electron chi connectivity index (χ3n) is 2.37. The molecule has 0 aliphatic heterocycles. The summed E-state index contributed by atoms with van der Waals surface area (Å²) >= 11 is 0. The lowest BCUT2D eigenvalue weighted by atomic mass is 10.1. The SMILES string of the molecule is Cc1ccc(F)c(NCCNC(C)(C)C)c1F. The van der Waals surface area contributed by atoms with Crippen molar-refractivity contribution in [3.05, 3.63) is 29.3 Å². The van der Waals surface area contributed by atoms with Crippen LogP contribution in [0.4, 0.5) is 14.5 Å². The van der Waals surface area contributed by atoms with Gasteiger partial charge in [-0.3, -0.25) is 0 Å². The molecule has 17 heavy (non-hydrogen) atoms. The molecule has 4 heteroatoms. The molecule has 0 spiro atoms. The van der Waals surface area contributed by atoms with E-state index >= 15 is 0 Å². The maximum Gasteiger partial charge on any atom is 0.152 e. The molecule has 0 aromatic heterocycles. The zero-order valence-electron chi connectivity index (χ0n) is 10.8. The van der Waals surface area contributed by atoms with Crippen LogP contribution in [0.15, 0.2) is 12.1 Å². The maximum absolute atomic E-state index is 13.6. The molecule has 1 aromatic carbocycles. The quantitative estimate of drug-likeness (QED) is 0.793. The molecule has 0 aliphatic carbocycles. The maximum atomic E-state index is 13.6. The van der Waals surface area contributed by atoms with Crippen molar-refractivity contribution >= 4 is 5.69 Å². The van der Waals surface area contributed by atoms with E-state index in [2.05, 4.69) is 10.6 Å². The predicted molar refractivity (Wildman–Crippen MR) is 67.3 cm³/mol. The normalized spacial score (nSPS) is 11.6. The Morgan fingerprint density at radius 3 is 2.35 bits per heavy atom. The van der Waals surface area contributed by atoms with E-state index in [4.69, 9.17) is 0 Å². The van der Waals surface area contributed by atoms with Crippen LogP contribution in [0.3, 0.4) is 0 Å². The van der Waals surface area contributed by atoms with E-state index in [9.17, 15) is 8.78 Å². The van der Waals surface area contributed by atoms with Crippen molar-refractivity contribution in [1.82, 2.24) is 5.32 Å². The number of benzene rings is 1. The number of nitrogens with one attached hydrogen (secondary N) is 2. The smallest absolute Gasteiger partial charge is 0.152 e. The highest BCUT2D eigenvalue weighted by molar-refractivity contribution is 5.48. The van der Waals surface area contributed by atoms with E-state index in [1.54, 1.807) is 6.92 Å². The molecule has 1 rings (SSSR count). The molecular formula is C13H20F2N2. The van der Waals surface area contributed by atoms with Crippen molar-refractivity contribution in [1.29, 1.82) is 0 Å². The number of hydrogen-bond acceptors (Lipinski definition) is 2. The molecule has 0 bridgehead atoms. The van der Waals surface area contributed by atoms with Crippen LogP contribution in [0.5, 0.6) is 0 Å². The number of rotatable bonds is 4. The Hall–Kier alpha value is -1.16. The van der Waals surface area contributed by atoms with Gasteiger partial charge in [0.15, 0.2) is 5.82 Å². The molecule has 0 radical (unpaired) electrons. The van der Waals surface area contributed by atoms with Gasteiger partial charge in [0.2, 0.25) is 0 Å². The molecule has 2 N–H and O–H groups in total. The van der Waals surface area contributed by atoms with Gasteiger partial charge in [0, 0.05) is 18.6 Å². The summed E-state index contributed by atoms with van der Waals surface area (Å²) < 4.78 is 27.0. The largest absolute Gasteiger partial charge is 0.379 e. The summed E-state index contributed by atoms with van der Waals surface area (Å²) in [4.78, 5) is 0. The van der Waals surface area contributed by atoms with Crippen molar-refractivity contribution in [3.8, 4) is 0 Å². The van der Waals surface area contributed by atoms with Gasteiger partial charge in [-0.25, -0.2) is 8.78 Å². The molecule has 0 saturated carbocycles. The van der Waals surface area contributed by atoms with Crippen molar-refractivity contribution in [3.63, 3.8) is 0 Å². The average molecular weight is 242 g/mol. The fourth-order valence-electron chi connectivity index (χ4n) is 1.44. The summed E-state index contributed by atoms with van der Waals surface area (Å²) in [5.41, 5.74) is 0.407. The molecule has 0 amide bonds. The Labute approximate surface area is 101 Å². The van der Waals surface area contributed by atoms with Crippen molar-refractivity contribution < 1.29 is 8.78 Å². The third kappa shape index (κ3) is 4.30. The number of anilines is 1. The Morgan fingerprint density at radius 1 is 1.12 bits per heavy atom. The first kappa shape index (κ1) is 13.9. The van der Waals surface area contributed by atoms with E-state index in [0.29, 0.717) is 18.7 Å². The van der Waals surface area contributed by atoms with Gasteiger partial charge in [-0.15, -0.1) is 0 Å². The Kier molecular flexibility index (Phi) is 4.46. The Bertz CT molecular complexity index is 384. The van der Waals surface area contributed by atoms with Crippen molar-refractivity contribution in [2.24, 2.45) is 0 Å². The summed E-state index contributed by atoms with van der Waals surface area (Å²) in [7, 11) is 0. The number of hydrogen-bond donors (Lipinski definition) is 2. The van der Waals surface area contributed by atoms with Gasteiger partial charge in [-0.1, -0.05) is 6.07 Å². The van der Waals surface area contributed by atoms with E-state index in [0.717, 1.165) is 0 Å². The van der Waals surface area contributed by atoms with Crippen LogP contribution in [-0.2, 0) is 0 Å². The van der Waals surface area contributed by atoms with Crippen LogP contribution in [0.25, 0.3) is 0 Å². The lowest BCUT2D eigenvalue weighted by Gasteiger charge is -2.21. The lowest BCUT2D eigenvalue weighted by Crippen LogP contribution is -2.38. The van der Waals surface area contributed by atoms with E-state index in [-0.39, 0.29) is 11.2 Å². The molecule has 0 heterocycles.